The summed E-state index contributed by atoms with van der Waals surface area (Å²) in [6.45, 7) is 0.149. The van der Waals surface area contributed by atoms with E-state index in [1.165, 1.54) is 4.90 Å². The van der Waals surface area contributed by atoms with Crippen molar-refractivity contribution in [2.75, 3.05) is 11.4 Å². The van der Waals surface area contributed by atoms with E-state index in [0.717, 1.165) is 11.3 Å². The SMILES string of the molecule is N#CCN1C(=O)Cc2ccccc21. The lowest BCUT2D eigenvalue weighted by atomic mass is 10.2. The highest BCUT2D eigenvalue weighted by Crippen LogP contribution is 2.27. The van der Waals surface area contributed by atoms with Gasteiger partial charge in [-0.1, -0.05) is 18.2 Å². The fourth-order valence-electron chi connectivity index (χ4n) is 1.56. The topological polar surface area (TPSA) is 44.1 Å². The molecule has 1 aliphatic heterocycles. The summed E-state index contributed by atoms with van der Waals surface area (Å²) in [6.07, 6.45) is 0.428. The van der Waals surface area contributed by atoms with E-state index in [2.05, 4.69) is 0 Å². The molecule has 64 valence electrons. The summed E-state index contributed by atoms with van der Waals surface area (Å²) < 4.78 is 0. The summed E-state index contributed by atoms with van der Waals surface area (Å²) >= 11 is 0. The average molecular weight is 172 g/mol. The molecular weight excluding hydrogens is 164 g/mol. The second-order valence-corrected chi connectivity index (χ2v) is 2.94. The Bertz CT molecular complexity index is 392. The number of carbonyl (C=O) groups excluding carboxylic acids is 1. The molecule has 0 bridgehead atoms. The van der Waals surface area contributed by atoms with Crippen LogP contribution in [-0.2, 0) is 11.2 Å². The van der Waals surface area contributed by atoms with Gasteiger partial charge >= 0.3 is 0 Å². The Labute approximate surface area is 76.2 Å². The second kappa shape index (κ2) is 2.91. The maximum absolute atomic E-state index is 11.4. The molecule has 0 aromatic heterocycles. The summed E-state index contributed by atoms with van der Waals surface area (Å²) in [5, 5.41) is 8.53. The van der Waals surface area contributed by atoms with Crippen LogP contribution in [-0.4, -0.2) is 12.5 Å². The van der Waals surface area contributed by atoms with Crippen molar-refractivity contribution in [2.24, 2.45) is 0 Å². The minimum atomic E-state index is 0.0164. The van der Waals surface area contributed by atoms with Crippen LogP contribution in [0.4, 0.5) is 5.69 Å². The molecule has 1 heterocycles. The summed E-state index contributed by atoms with van der Waals surface area (Å²) in [5.41, 5.74) is 1.90. The molecule has 1 amide bonds. The van der Waals surface area contributed by atoms with Crippen LogP contribution in [0.1, 0.15) is 5.56 Å². The first kappa shape index (κ1) is 7.81. The lowest BCUT2D eigenvalue weighted by Gasteiger charge is -2.11. The van der Waals surface area contributed by atoms with E-state index in [1.54, 1.807) is 0 Å². The van der Waals surface area contributed by atoms with Gasteiger partial charge in [0.25, 0.3) is 0 Å². The molecule has 0 aliphatic carbocycles. The van der Waals surface area contributed by atoms with Gasteiger partial charge in [-0.15, -0.1) is 0 Å². The van der Waals surface area contributed by atoms with Crippen LogP contribution in [0.2, 0.25) is 0 Å². The molecular formula is C10H8N2O. The monoisotopic (exact) mass is 172 g/mol. The second-order valence-electron chi connectivity index (χ2n) is 2.94. The summed E-state index contributed by atoms with van der Waals surface area (Å²) in [5.74, 6) is 0.0164. The Balaban J connectivity index is 2.42. The molecule has 1 aromatic carbocycles. The maximum atomic E-state index is 11.4. The largest absolute Gasteiger partial charge is 0.298 e. The molecule has 3 heteroatoms. The zero-order chi connectivity index (χ0) is 9.26. The third kappa shape index (κ3) is 1.17. The van der Waals surface area contributed by atoms with E-state index >= 15 is 0 Å². The van der Waals surface area contributed by atoms with Gasteiger partial charge in [0, 0.05) is 5.69 Å². The number of anilines is 1. The number of benzene rings is 1. The van der Waals surface area contributed by atoms with E-state index < -0.39 is 0 Å². The van der Waals surface area contributed by atoms with Crippen molar-refractivity contribution in [3.63, 3.8) is 0 Å². The average Bonchev–Trinajstić information content (AvgIpc) is 2.44. The Morgan fingerprint density at radius 3 is 3.00 bits per heavy atom. The first-order chi connectivity index (χ1) is 6.33. The number of fused-ring (bicyclic) bond motifs is 1. The Kier molecular flexibility index (Phi) is 1.75. The third-order valence-corrected chi connectivity index (χ3v) is 2.15. The van der Waals surface area contributed by atoms with Crippen LogP contribution in [0.3, 0.4) is 0 Å². The number of hydrogen-bond acceptors (Lipinski definition) is 2. The van der Waals surface area contributed by atoms with E-state index in [1.807, 2.05) is 30.3 Å². The molecule has 0 N–H and O–H groups in total. The van der Waals surface area contributed by atoms with Gasteiger partial charge < -0.3 is 0 Å². The molecule has 0 saturated carbocycles. The van der Waals surface area contributed by atoms with Crippen LogP contribution in [0, 0.1) is 11.3 Å². The molecule has 13 heavy (non-hydrogen) atoms. The molecule has 0 fully saturated rings. The molecule has 1 aromatic rings. The first-order valence-electron chi connectivity index (χ1n) is 4.08. The predicted octanol–water partition coefficient (Wildman–Crippen LogP) is 1.10. The van der Waals surface area contributed by atoms with Crippen molar-refractivity contribution >= 4 is 11.6 Å². The molecule has 0 radical (unpaired) electrons. The number of carbonyl (C=O) groups is 1. The van der Waals surface area contributed by atoms with Crippen LogP contribution >= 0.6 is 0 Å². The quantitative estimate of drug-likeness (QED) is 0.595. The van der Waals surface area contributed by atoms with Crippen LogP contribution in [0.25, 0.3) is 0 Å². The highest BCUT2D eigenvalue weighted by atomic mass is 16.2. The molecule has 0 unspecified atom stereocenters. The highest BCUT2D eigenvalue weighted by molar-refractivity contribution is 6.01. The number of hydrogen-bond donors (Lipinski definition) is 0. The van der Waals surface area contributed by atoms with Crippen molar-refractivity contribution in [3.05, 3.63) is 29.8 Å². The van der Waals surface area contributed by atoms with Crippen molar-refractivity contribution in [1.82, 2.24) is 0 Å². The van der Waals surface area contributed by atoms with Gasteiger partial charge in [0.1, 0.15) is 6.54 Å². The molecule has 1 aliphatic rings. The van der Waals surface area contributed by atoms with E-state index in [-0.39, 0.29) is 12.5 Å². The minimum absolute atomic E-state index is 0.0164. The van der Waals surface area contributed by atoms with Gasteiger partial charge in [-0.25, -0.2) is 0 Å². The smallest absolute Gasteiger partial charge is 0.232 e. The van der Waals surface area contributed by atoms with Gasteiger partial charge in [0.05, 0.1) is 12.5 Å². The maximum Gasteiger partial charge on any atom is 0.232 e. The molecule has 2 rings (SSSR count). The number of nitriles is 1. The number of nitrogens with zero attached hydrogens (tertiary/aromatic N) is 2. The van der Waals surface area contributed by atoms with Crippen molar-refractivity contribution < 1.29 is 4.79 Å². The van der Waals surface area contributed by atoms with Gasteiger partial charge in [-0.05, 0) is 11.6 Å². The predicted molar refractivity (Wildman–Crippen MR) is 48.1 cm³/mol. The minimum Gasteiger partial charge on any atom is -0.298 e. The number of rotatable bonds is 1. The zero-order valence-corrected chi connectivity index (χ0v) is 7.03. The van der Waals surface area contributed by atoms with Gasteiger partial charge in [-0.2, -0.15) is 5.26 Å². The summed E-state index contributed by atoms with van der Waals surface area (Å²) in [7, 11) is 0. The molecule has 0 spiro atoms. The van der Waals surface area contributed by atoms with Crippen molar-refractivity contribution in [2.45, 2.75) is 6.42 Å². The molecule has 0 saturated heterocycles. The Morgan fingerprint density at radius 1 is 1.46 bits per heavy atom. The van der Waals surface area contributed by atoms with Gasteiger partial charge in [0.15, 0.2) is 0 Å². The van der Waals surface area contributed by atoms with Gasteiger partial charge in [-0.3, -0.25) is 9.69 Å². The summed E-state index contributed by atoms with van der Waals surface area (Å²) in [6, 6.07) is 9.56. The number of para-hydroxylation sites is 1. The van der Waals surface area contributed by atoms with Crippen molar-refractivity contribution in [3.8, 4) is 6.07 Å². The highest BCUT2D eigenvalue weighted by Gasteiger charge is 2.25. The van der Waals surface area contributed by atoms with E-state index in [0.29, 0.717) is 6.42 Å². The fourth-order valence-corrected chi connectivity index (χ4v) is 1.56. The molecule has 0 atom stereocenters. The lowest BCUT2D eigenvalue weighted by molar-refractivity contribution is -0.117. The standard InChI is InChI=1S/C10H8N2O/c11-5-6-12-9-4-2-1-3-8(9)7-10(12)13/h1-4H,6-7H2. The van der Waals surface area contributed by atoms with Crippen LogP contribution in [0.5, 0.6) is 0 Å². The van der Waals surface area contributed by atoms with Crippen LogP contribution in [0.15, 0.2) is 24.3 Å². The van der Waals surface area contributed by atoms with Crippen LogP contribution < -0.4 is 4.90 Å². The van der Waals surface area contributed by atoms with E-state index in [4.69, 9.17) is 5.26 Å². The van der Waals surface area contributed by atoms with Gasteiger partial charge in [0.2, 0.25) is 5.91 Å². The fraction of sp³-hybridized carbons (Fsp3) is 0.200. The first-order valence-corrected chi connectivity index (χ1v) is 4.08. The summed E-state index contributed by atoms with van der Waals surface area (Å²) in [4.78, 5) is 12.9. The number of amides is 1. The Morgan fingerprint density at radius 2 is 2.23 bits per heavy atom. The Hall–Kier alpha value is -1.82. The lowest BCUT2D eigenvalue weighted by Crippen LogP contribution is -2.26. The zero-order valence-electron chi connectivity index (χ0n) is 7.03. The van der Waals surface area contributed by atoms with Crippen molar-refractivity contribution in [1.29, 1.82) is 5.26 Å². The third-order valence-electron chi connectivity index (χ3n) is 2.15. The molecule has 3 nitrogen and oxygen atoms in total. The normalized spacial score (nSPS) is 14.1. The van der Waals surface area contributed by atoms with E-state index in [9.17, 15) is 4.79 Å².